The van der Waals surface area contributed by atoms with Crippen LogP contribution >= 0.6 is 11.6 Å². The lowest BCUT2D eigenvalue weighted by Crippen LogP contribution is -2.08. The van der Waals surface area contributed by atoms with Gasteiger partial charge in [-0.2, -0.15) is 0 Å². The first-order chi connectivity index (χ1) is 7.81. The first-order valence-electron chi connectivity index (χ1n) is 5.04. The van der Waals surface area contributed by atoms with Gasteiger partial charge in [0.1, 0.15) is 0 Å². The van der Waals surface area contributed by atoms with E-state index < -0.39 is 0 Å². The lowest BCUT2D eigenvalue weighted by Gasteiger charge is -2.06. The summed E-state index contributed by atoms with van der Waals surface area (Å²) in [6, 6.07) is 7.68. The van der Waals surface area contributed by atoms with Crippen LogP contribution in [0, 0.1) is 0 Å². The normalized spacial score (nSPS) is 10.4. The average Bonchev–Trinajstić information content (AvgIpc) is 2.75. The van der Waals surface area contributed by atoms with Crippen molar-refractivity contribution in [1.29, 1.82) is 0 Å². The van der Waals surface area contributed by atoms with Crippen LogP contribution in [-0.4, -0.2) is 20.2 Å². The highest BCUT2D eigenvalue weighted by atomic mass is 35.5. The van der Waals surface area contributed by atoms with Crippen molar-refractivity contribution in [2.75, 3.05) is 5.32 Å². The summed E-state index contributed by atoms with van der Waals surface area (Å²) in [5.74, 6) is 0.655. The van der Waals surface area contributed by atoms with Crippen molar-refractivity contribution in [3.63, 3.8) is 0 Å². The molecule has 1 aromatic carbocycles. The van der Waals surface area contributed by atoms with E-state index in [1.807, 2.05) is 31.2 Å². The number of hydrogen-bond acceptors (Lipinski definition) is 4. The number of tetrazole rings is 1. The number of benzene rings is 1. The van der Waals surface area contributed by atoms with Crippen LogP contribution in [0.25, 0.3) is 0 Å². The Hall–Kier alpha value is -1.62. The number of rotatable bonds is 4. The summed E-state index contributed by atoms with van der Waals surface area (Å²) in [5.41, 5.74) is 1.02. The van der Waals surface area contributed by atoms with Gasteiger partial charge in [0.2, 0.25) is 5.95 Å². The molecule has 0 amide bonds. The molecule has 5 nitrogen and oxygen atoms in total. The Morgan fingerprint density at radius 3 is 2.94 bits per heavy atom. The van der Waals surface area contributed by atoms with Crippen molar-refractivity contribution in [3.05, 3.63) is 34.9 Å². The number of aromatic nitrogens is 4. The van der Waals surface area contributed by atoms with E-state index in [1.54, 1.807) is 4.68 Å². The Morgan fingerprint density at radius 2 is 2.19 bits per heavy atom. The molecule has 1 N–H and O–H groups in total. The Bertz CT molecular complexity index is 468. The minimum absolute atomic E-state index is 0.611. The largest absolute Gasteiger partial charge is 0.349 e. The van der Waals surface area contributed by atoms with Gasteiger partial charge in [0.25, 0.3) is 0 Å². The zero-order valence-corrected chi connectivity index (χ0v) is 9.65. The van der Waals surface area contributed by atoms with Crippen LogP contribution in [0.4, 0.5) is 5.95 Å². The molecular formula is C10H12ClN5. The molecule has 0 saturated heterocycles. The third-order valence-electron chi connectivity index (χ3n) is 2.23. The van der Waals surface area contributed by atoms with E-state index in [9.17, 15) is 0 Å². The molecule has 84 valence electrons. The van der Waals surface area contributed by atoms with E-state index in [1.165, 1.54) is 0 Å². The monoisotopic (exact) mass is 237 g/mol. The summed E-state index contributed by atoms with van der Waals surface area (Å²) >= 11 is 6.04. The highest BCUT2D eigenvalue weighted by Crippen LogP contribution is 2.15. The highest BCUT2D eigenvalue weighted by Gasteiger charge is 2.04. The van der Waals surface area contributed by atoms with Crippen molar-refractivity contribution >= 4 is 17.5 Å². The van der Waals surface area contributed by atoms with Gasteiger partial charge in [-0.1, -0.05) is 34.9 Å². The molecule has 0 unspecified atom stereocenters. The zero-order valence-electron chi connectivity index (χ0n) is 8.89. The quantitative estimate of drug-likeness (QED) is 0.883. The van der Waals surface area contributed by atoms with Crippen LogP contribution in [0.5, 0.6) is 0 Å². The lowest BCUT2D eigenvalue weighted by molar-refractivity contribution is 0.629. The number of halogens is 1. The van der Waals surface area contributed by atoms with E-state index in [2.05, 4.69) is 20.8 Å². The van der Waals surface area contributed by atoms with Crippen LogP contribution in [0.1, 0.15) is 12.5 Å². The van der Waals surface area contributed by atoms with Crippen molar-refractivity contribution in [2.24, 2.45) is 0 Å². The molecule has 0 bridgehead atoms. The molecule has 1 heterocycles. The van der Waals surface area contributed by atoms with Crippen molar-refractivity contribution in [3.8, 4) is 0 Å². The highest BCUT2D eigenvalue weighted by molar-refractivity contribution is 6.31. The Kier molecular flexibility index (Phi) is 3.36. The molecule has 0 aliphatic heterocycles. The molecule has 1 aromatic heterocycles. The smallest absolute Gasteiger partial charge is 0.243 e. The second-order valence-corrected chi connectivity index (χ2v) is 3.67. The van der Waals surface area contributed by atoms with Crippen LogP contribution in [0.3, 0.4) is 0 Å². The third-order valence-corrected chi connectivity index (χ3v) is 2.59. The van der Waals surface area contributed by atoms with Gasteiger partial charge in [0.15, 0.2) is 0 Å². The van der Waals surface area contributed by atoms with Crippen LogP contribution in [0.2, 0.25) is 5.02 Å². The van der Waals surface area contributed by atoms with E-state index in [4.69, 9.17) is 11.6 Å². The van der Waals surface area contributed by atoms with Gasteiger partial charge >= 0.3 is 0 Å². The summed E-state index contributed by atoms with van der Waals surface area (Å²) in [5, 5.41) is 15.2. The molecule has 0 fully saturated rings. The van der Waals surface area contributed by atoms with E-state index in [-0.39, 0.29) is 0 Å². The molecule has 2 aromatic rings. The molecule has 0 spiro atoms. The van der Waals surface area contributed by atoms with Gasteiger partial charge in [-0.25, -0.2) is 4.68 Å². The van der Waals surface area contributed by atoms with Gasteiger partial charge in [-0.15, -0.1) is 0 Å². The first-order valence-corrected chi connectivity index (χ1v) is 5.42. The van der Waals surface area contributed by atoms with Crippen molar-refractivity contribution < 1.29 is 0 Å². The third kappa shape index (κ3) is 2.30. The molecular weight excluding hydrogens is 226 g/mol. The Morgan fingerprint density at radius 1 is 1.38 bits per heavy atom. The van der Waals surface area contributed by atoms with Crippen molar-refractivity contribution in [1.82, 2.24) is 20.2 Å². The number of anilines is 1. The summed E-state index contributed by atoms with van der Waals surface area (Å²) in [6.07, 6.45) is 0. The Labute approximate surface area is 98.4 Å². The molecule has 6 heteroatoms. The molecule has 0 radical (unpaired) electrons. The van der Waals surface area contributed by atoms with Gasteiger partial charge in [0.05, 0.1) is 0 Å². The SMILES string of the molecule is CCn1nnnc1NCc1ccccc1Cl. The number of hydrogen-bond donors (Lipinski definition) is 1. The topological polar surface area (TPSA) is 55.6 Å². The predicted molar refractivity (Wildman–Crippen MR) is 62.3 cm³/mol. The maximum absolute atomic E-state index is 6.04. The number of nitrogens with one attached hydrogen (secondary N) is 1. The lowest BCUT2D eigenvalue weighted by atomic mass is 10.2. The molecule has 2 rings (SSSR count). The standard InChI is InChI=1S/C10H12ClN5/c1-2-16-10(13-14-15-16)12-7-8-5-3-4-6-9(8)11/h3-6H,2,7H2,1H3,(H,12,13,15). The van der Waals surface area contributed by atoms with Crippen molar-refractivity contribution in [2.45, 2.75) is 20.0 Å². The van der Waals surface area contributed by atoms with Gasteiger partial charge < -0.3 is 5.32 Å². The molecule has 0 aliphatic carbocycles. The van der Waals surface area contributed by atoms with E-state index in [0.29, 0.717) is 12.5 Å². The maximum atomic E-state index is 6.04. The van der Waals surface area contributed by atoms with Gasteiger partial charge in [-0.3, -0.25) is 0 Å². The average molecular weight is 238 g/mol. The molecule has 0 aliphatic rings. The fraction of sp³-hybridized carbons (Fsp3) is 0.300. The minimum Gasteiger partial charge on any atom is -0.349 e. The van der Waals surface area contributed by atoms with Gasteiger partial charge in [-0.05, 0) is 29.0 Å². The first kappa shape index (κ1) is 10.9. The maximum Gasteiger partial charge on any atom is 0.243 e. The van der Waals surface area contributed by atoms with Crippen LogP contribution in [0.15, 0.2) is 24.3 Å². The van der Waals surface area contributed by atoms with Gasteiger partial charge in [0, 0.05) is 18.1 Å². The fourth-order valence-corrected chi connectivity index (χ4v) is 1.56. The Balaban J connectivity index is 2.05. The number of aryl methyl sites for hydroxylation is 1. The zero-order chi connectivity index (χ0) is 11.4. The summed E-state index contributed by atoms with van der Waals surface area (Å²) in [4.78, 5) is 0. The van der Waals surface area contributed by atoms with Crippen LogP contribution in [-0.2, 0) is 13.1 Å². The fourth-order valence-electron chi connectivity index (χ4n) is 1.36. The molecule has 0 saturated carbocycles. The second kappa shape index (κ2) is 4.94. The molecule has 16 heavy (non-hydrogen) atoms. The number of nitrogens with zero attached hydrogens (tertiary/aromatic N) is 4. The minimum atomic E-state index is 0.611. The van der Waals surface area contributed by atoms with E-state index >= 15 is 0 Å². The summed E-state index contributed by atoms with van der Waals surface area (Å²) < 4.78 is 1.69. The van der Waals surface area contributed by atoms with Crippen LogP contribution < -0.4 is 5.32 Å². The summed E-state index contributed by atoms with van der Waals surface area (Å²) in [7, 11) is 0. The second-order valence-electron chi connectivity index (χ2n) is 3.26. The molecule has 0 atom stereocenters. The predicted octanol–water partition coefficient (Wildman–Crippen LogP) is 1.96. The summed E-state index contributed by atoms with van der Waals surface area (Å²) in [6.45, 7) is 3.33. The van der Waals surface area contributed by atoms with E-state index in [0.717, 1.165) is 17.1 Å².